The Morgan fingerprint density at radius 2 is 1.83 bits per heavy atom. The van der Waals surface area contributed by atoms with Crippen molar-refractivity contribution >= 4 is 46.2 Å². The molecule has 30 heavy (non-hydrogen) atoms. The summed E-state index contributed by atoms with van der Waals surface area (Å²) in [6.45, 7) is 0.495. The molecule has 1 N–H and O–H groups in total. The van der Waals surface area contributed by atoms with Gasteiger partial charge in [0.2, 0.25) is 0 Å². The molecule has 2 aromatic carbocycles. The van der Waals surface area contributed by atoms with Gasteiger partial charge in [0.05, 0.1) is 19.1 Å². The van der Waals surface area contributed by atoms with Crippen LogP contribution in [0.3, 0.4) is 0 Å². The van der Waals surface area contributed by atoms with Gasteiger partial charge in [-0.1, -0.05) is 42.2 Å². The second-order valence-electron chi connectivity index (χ2n) is 6.56. The molecule has 0 aromatic heterocycles. The van der Waals surface area contributed by atoms with Crippen molar-refractivity contribution in [2.24, 2.45) is 0 Å². The van der Waals surface area contributed by atoms with E-state index < -0.39 is 0 Å². The van der Waals surface area contributed by atoms with Gasteiger partial charge in [0, 0.05) is 19.2 Å². The summed E-state index contributed by atoms with van der Waals surface area (Å²) in [5.74, 6) is 1.08. The van der Waals surface area contributed by atoms with Crippen molar-refractivity contribution in [1.82, 2.24) is 10.2 Å². The fraction of sp³-hybridized carbons (Fsp3) is 0.227. The fourth-order valence-electron chi connectivity index (χ4n) is 2.89. The lowest BCUT2D eigenvalue weighted by atomic mass is 10.1. The molecule has 0 unspecified atom stereocenters. The van der Waals surface area contributed by atoms with Crippen LogP contribution in [-0.4, -0.2) is 48.8 Å². The van der Waals surface area contributed by atoms with Gasteiger partial charge in [-0.2, -0.15) is 0 Å². The van der Waals surface area contributed by atoms with Gasteiger partial charge in [0.25, 0.3) is 11.8 Å². The van der Waals surface area contributed by atoms with Crippen molar-refractivity contribution in [2.45, 2.75) is 6.42 Å². The van der Waals surface area contributed by atoms with E-state index >= 15 is 0 Å². The zero-order chi connectivity index (χ0) is 21.7. The van der Waals surface area contributed by atoms with Crippen molar-refractivity contribution in [3.8, 4) is 11.5 Å². The van der Waals surface area contributed by atoms with Gasteiger partial charge in [-0.15, -0.1) is 0 Å². The summed E-state index contributed by atoms with van der Waals surface area (Å²) in [5.41, 5.74) is 2.44. The molecule has 3 rings (SSSR count). The third-order valence-electron chi connectivity index (χ3n) is 4.60. The highest BCUT2D eigenvalue weighted by atomic mass is 32.2. The standard InChI is InChI=1S/C22H22N2O4S2/c1-24-21(26)19(30-22(24)29)13-14-4-7-16(8-5-14)20(25)23-11-10-15-6-9-17(27-2)18(12-15)28-3/h4-9,12-13H,10-11H2,1-3H3,(H,23,25)/b19-13-. The second kappa shape index (κ2) is 9.77. The Bertz CT molecular complexity index is 1000. The number of rotatable bonds is 7. The van der Waals surface area contributed by atoms with Crippen molar-refractivity contribution in [1.29, 1.82) is 0 Å². The van der Waals surface area contributed by atoms with Crippen LogP contribution in [0, 0.1) is 0 Å². The van der Waals surface area contributed by atoms with Crippen LogP contribution in [0.15, 0.2) is 47.4 Å². The maximum atomic E-state index is 12.4. The van der Waals surface area contributed by atoms with Gasteiger partial charge < -0.3 is 14.8 Å². The first kappa shape index (κ1) is 21.9. The van der Waals surface area contributed by atoms with E-state index in [1.165, 1.54) is 16.7 Å². The molecule has 0 atom stereocenters. The molecule has 1 aliphatic heterocycles. The largest absolute Gasteiger partial charge is 0.493 e. The average Bonchev–Trinajstić information content (AvgIpc) is 3.00. The fourth-order valence-corrected chi connectivity index (χ4v) is 4.07. The zero-order valence-corrected chi connectivity index (χ0v) is 18.6. The third kappa shape index (κ3) is 5.01. The van der Waals surface area contributed by atoms with Crippen molar-refractivity contribution < 1.29 is 19.1 Å². The molecule has 2 aromatic rings. The smallest absolute Gasteiger partial charge is 0.265 e. The van der Waals surface area contributed by atoms with E-state index in [2.05, 4.69) is 5.32 Å². The quantitative estimate of drug-likeness (QED) is 0.523. The number of ether oxygens (including phenoxy) is 2. The number of carbonyl (C=O) groups is 2. The Balaban J connectivity index is 1.56. The lowest BCUT2D eigenvalue weighted by molar-refractivity contribution is -0.121. The maximum absolute atomic E-state index is 12.4. The minimum Gasteiger partial charge on any atom is -0.493 e. The Hall–Kier alpha value is -2.84. The minimum absolute atomic E-state index is 0.109. The molecular formula is C22H22N2O4S2. The van der Waals surface area contributed by atoms with Crippen LogP contribution in [0.2, 0.25) is 0 Å². The summed E-state index contributed by atoms with van der Waals surface area (Å²) in [7, 11) is 4.85. The van der Waals surface area contributed by atoms with E-state index in [1.807, 2.05) is 30.3 Å². The van der Waals surface area contributed by atoms with Gasteiger partial charge in [0.1, 0.15) is 4.32 Å². The van der Waals surface area contributed by atoms with Gasteiger partial charge in [0.15, 0.2) is 11.5 Å². The molecule has 156 valence electrons. The van der Waals surface area contributed by atoms with E-state index in [0.29, 0.717) is 39.3 Å². The Labute approximate surface area is 185 Å². The summed E-state index contributed by atoms with van der Waals surface area (Å²) in [5, 5.41) is 2.92. The van der Waals surface area contributed by atoms with Crippen molar-refractivity contribution in [3.63, 3.8) is 0 Å². The molecular weight excluding hydrogens is 420 g/mol. The number of thioether (sulfide) groups is 1. The summed E-state index contributed by atoms with van der Waals surface area (Å²) in [6, 6.07) is 12.8. The van der Waals surface area contributed by atoms with Crippen molar-refractivity contribution in [2.75, 3.05) is 27.8 Å². The summed E-state index contributed by atoms with van der Waals surface area (Å²) < 4.78 is 11.1. The van der Waals surface area contributed by atoms with Crippen LogP contribution in [0.1, 0.15) is 21.5 Å². The highest BCUT2D eigenvalue weighted by Crippen LogP contribution is 2.31. The molecule has 1 heterocycles. The number of amides is 2. The van der Waals surface area contributed by atoms with Crippen LogP contribution in [0.5, 0.6) is 11.5 Å². The second-order valence-corrected chi connectivity index (χ2v) is 8.23. The average molecular weight is 443 g/mol. The van der Waals surface area contributed by atoms with E-state index in [4.69, 9.17) is 21.7 Å². The highest BCUT2D eigenvalue weighted by Gasteiger charge is 2.28. The Morgan fingerprint density at radius 1 is 1.13 bits per heavy atom. The molecule has 8 heteroatoms. The highest BCUT2D eigenvalue weighted by molar-refractivity contribution is 8.26. The lowest BCUT2D eigenvalue weighted by Gasteiger charge is -2.10. The van der Waals surface area contributed by atoms with Gasteiger partial charge in [-0.3, -0.25) is 14.5 Å². The van der Waals surface area contributed by atoms with Crippen LogP contribution in [0.4, 0.5) is 0 Å². The first-order valence-corrected chi connectivity index (χ1v) is 10.5. The van der Waals surface area contributed by atoms with Gasteiger partial charge in [-0.05, 0) is 47.9 Å². The summed E-state index contributed by atoms with van der Waals surface area (Å²) in [6.07, 6.45) is 2.45. The molecule has 2 amide bonds. The third-order valence-corrected chi connectivity index (χ3v) is 6.09. The Morgan fingerprint density at radius 3 is 2.43 bits per heavy atom. The van der Waals surface area contributed by atoms with Gasteiger partial charge in [-0.25, -0.2) is 0 Å². The normalized spacial score (nSPS) is 14.9. The number of hydrogen-bond donors (Lipinski definition) is 1. The van der Waals surface area contributed by atoms with E-state index in [1.54, 1.807) is 39.5 Å². The SMILES string of the molecule is COc1ccc(CCNC(=O)c2ccc(/C=C3\SC(=S)N(C)C3=O)cc2)cc1OC. The lowest BCUT2D eigenvalue weighted by Crippen LogP contribution is -2.25. The molecule has 6 nitrogen and oxygen atoms in total. The predicted molar refractivity (Wildman–Crippen MR) is 123 cm³/mol. The molecule has 0 saturated carbocycles. The van der Waals surface area contributed by atoms with Crippen LogP contribution < -0.4 is 14.8 Å². The van der Waals surface area contributed by atoms with E-state index in [-0.39, 0.29) is 11.8 Å². The summed E-state index contributed by atoms with van der Waals surface area (Å²) in [4.78, 5) is 26.5. The predicted octanol–water partition coefficient (Wildman–Crippen LogP) is 3.51. The first-order chi connectivity index (χ1) is 14.4. The number of thiocarbonyl (C=S) groups is 1. The molecule has 0 spiro atoms. The van der Waals surface area contributed by atoms with Crippen LogP contribution in [-0.2, 0) is 11.2 Å². The first-order valence-electron chi connectivity index (χ1n) is 9.23. The number of nitrogens with zero attached hydrogens (tertiary/aromatic N) is 1. The van der Waals surface area contributed by atoms with Gasteiger partial charge >= 0.3 is 0 Å². The Kier molecular flexibility index (Phi) is 7.12. The number of hydrogen-bond acceptors (Lipinski definition) is 6. The van der Waals surface area contributed by atoms with Crippen molar-refractivity contribution in [3.05, 3.63) is 64.1 Å². The maximum Gasteiger partial charge on any atom is 0.265 e. The molecule has 0 radical (unpaired) electrons. The molecule has 0 aliphatic carbocycles. The zero-order valence-electron chi connectivity index (χ0n) is 16.9. The number of carbonyl (C=O) groups excluding carboxylic acids is 2. The number of benzene rings is 2. The molecule has 0 bridgehead atoms. The van der Waals surface area contributed by atoms with Crippen LogP contribution in [0.25, 0.3) is 6.08 Å². The number of methoxy groups -OCH3 is 2. The summed E-state index contributed by atoms with van der Waals surface area (Å²) >= 11 is 6.40. The topological polar surface area (TPSA) is 67.9 Å². The number of nitrogens with one attached hydrogen (secondary N) is 1. The monoisotopic (exact) mass is 442 g/mol. The number of likely N-dealkylation sites (N-methyl/N-ethyl adjacent to an activating group) is 1. The molecule has 1 fully saturated rings. The van der Waals surface area contributed by atoms with E-state index in [9.17, 15) is 9.59 Å². The molecule has 1 saturated heterocycles. The minimum atomic E-state index is -0.151. The van der Waals surface area contributed by atoms with E-state index in [0.717, 1.165) is 11.1 Å². The molecule has 1 aliphatic rings. The van der Waals surface area contributed by atoms with Crippen LogP contribution >= 0.6 is 24.0 Å².